The van der Waals surface area contributed by atoms with Crippen LogP contribution in [-0.2, 0) is 16.1 Å². The number of amides is 1. The molecule has 6 heteroatoms. The summed E-state index contributed by atoms with van der Waals surface area (Å²) in [5.74, 6) is 0. The van der Waals surface area contributed by atoms with E-state index in [-0.39, 0.29) is 12.7 Å². The summed E-state index contributed by atoms with van der Waals surface area (Å²) in [7, 11) is 0. The van der Waals surface area contributed by atoms with E-state index in [2.05, 4.69) is 4.90 Å². The van der Waals surface area contributed by atoms with Crippen molar-refractivity contribution in [2.45, 2.75) is 13.0 Å². The predicted octanol–water partition coefficient (Wildman–Crippen LogP) is 2.18. The molecular formula is C15H19ClN2O3. The van der Waals surface area contributed by atoms with Crippen molar-refractivity contribution in [3.63, 3.8) is 0 Å². The molecule has 2 rings (SSSR count). The highest BCUT2D eigenvalue weighted by molar-refractivity contribution is 6.31. The molecule has 0 aromatic heterocycles. The molecule has 0 atom stereocenters. The van der Waals surface area contributed by atoms with Gasteiger partial charge in [-0.3, -0.25) is 4.90 Å². The van der Waals surface area contributed by atoms with Crippen LogP contribution in [0.4, 0.5) is 4.79 Å². The molecule has 0 aliphatic carbocycles. The van der Waals surface area contributed by atoms with Gasteiger partial charge in [0.05, 0.1) is 0 Å². The average Bonchev–Trinajstić information content (AvgIpc) is 2.52. The van der Waals surface area contributed by atoms with Gasteiger partial charge in [0, 0.05) is 49.7 Å². The lowest BCUT2D eigenvalue weighted by Crippen LogP contribution is -2.49. The second-order valence-electron chi connectivity index (χ2n) is 4.93. The smallest absolute Gasteiger partial charge is 0.410 e. The number of benzene rings is 1. The predicted molar refractivity (Wildman–Crippen MR) is 80.3 cm³/mol. The Labute approximate surface area is 129 Å². The molecule has 1 aliphatic heterocycles. The maximum absolute atomic E-state index is 12.0. The van der Waals surface area contributed by atoms with E-state index in [1.807, 2.05) is 18.2 Å². The van der Waals surface area contributed by atoms with Crippen molar-refractivity contribution in [1.82, 2.24) is 9.80 Å². The van der Waals surface area contributed by atoms with Crippen LogP contribution >= 0.6 is 11.6 Å². The van der Waals surface area contributed by atoms with E-state index in [4.69, 9.17) is 16.3 Å². The van der Waals surface area contributed by atoms with E-state index in [1.165, 1.54) is 0 Å². The summed E-state index contributed by atoms with van der Waals surface area (Å²) in [4.78, 5) is 26.2. The molecule has 1 aromatic rings. The second-order valence-corrected chi connectivity index (χ2v) is 5.34. The Morgan fingerprint density at radius 3 is 2.62 bits per heavy atom. The number of carbonyl (C=O) groups excluding carboxylic acids is 2. The van der Waals surface area contributed by atoms with Gasteiger partial charge in [-0.2, -0.15) is 0 Å². The highest BCUT2D eigenvalue weighted by Crippen LogP contribution is 2.16. The van der Waals surface area contributed by atoms with Crippen molar-refractivity contribution in [1.29, 1.82) is 0 Å². The van der Waals surface area contributed by atoms with E-state index in [1.54, 1.807) is 11.0 Å². The highest BCUT2D eigenvalue weighted by atomic mass is 35.5. The van der Waals surface area contributed by atoms with Gasteiger partial charge in [-0.05, 0) is 6.07 Å². The van der Waals surface area contributed by atoms with Crippen LogP contribution in [0.1, 0.15) is 12.0 Å². The van der Waals surface area contributed by atoms with Crippen molar-refractivity contribution >= 4 is 24.0 Å². The van der Waals surface area contributed by atoms with Crippen LogP contribution in [0.25, 0.3) is 0 Å². The average molecular weight is 311 g/mol. The van der Waals surface area contributed by atoms with Gasteiger partial charge in [-0.1, -0.05) is 29.8 Å². The number of rotatable bonds is 5. The van der Waals surface area contributed by atoms with Crippen molar-refractivity contribution in [3.05, 3.63) is 34.9 Å². The Morgan fingerprint density at radius 2 is 1.95 bits per heavy atom. The summed E-state index contributed by atoms with van der Waals surface area (Å²) in [6, 6.07) is 7.32. The minimum atomic E-state index is -0.315. The fraction of sp³-hybridized carbons (Fsp3) is 0.467. The van der Waals surface area contributed by atoms with Gasteiger partial charge in [0.25, 0.3) is 0 Å². The van der Waals surface area contributed by atoms with Crippen LogP contribution in [0.5, 0.6) is 0 Å². The summed E-state index contributed by atoms with van der Waals surface area (Å²) in [5.41, 5.74) is 0.803. The van der Waals surface area contributed by atoms with Crippen molar-refractivity contribution in [3.8, 4) is 0 Å². The maximum atomic E-state index is 12.0. The number of nitrogens with zero attached hydrogens (tertiary/aromatic N) is 2. The number of halogens is 1. The number of ether oxygens (including phenoxy) is 1. The van der Waals surface area contributed by atoms with Gasteiger partial charge in [0.1, 0.15) is 12.9 Å². The van der Waals surface area contributed by atoms with Crippen LogP contribution < -0.4 is 0 Å². The largest absolute Gasteiger partial charge is 0.444 e. The Morgan fingerprint density at radius 1 is 1.24 bits per heavy atom. The summed E-state index contributed by atoms with van der Waals surface area (Å²) >= 11 is 6.02. The molecule has 0 radical (unpaired) electrons. The molecule has 0 bridgehead atoms. The first-order valence-electron chi connectivity index (χ1n) is 7.02. The highest BCUT2D eigenvalue weighted by Gasteiger charge is 2.21. The van der Waals surface area contributed by atoms with Crippen molar-refractivity contribution in [2.24, 2.45) is 0 Å². The van der Waals surface area contributed by atoms with Crippen molar-refractivity contribution < 1.29 is 14.3 Å². The molecule has 0 unspecified atom stereocenters. The number of carbonyl (C=O) groups is 2. The maximum Gasteiger partial charge on any atom is 0.410 e. The van der Waals surface area contributed by atoms with E-state index in [9.17, 15) is 9.59 Å². The number of hydrogen-bond acceptors (Lipinski definition) is 4. The van der Waals surface area contributed by atoms with Gasteiger partial charge < -0.3 is 14.4 Å². The minimum Gasteiger partial charge on any atom is -0.444 e. The van der Waals surface area contributed by atoms with Crippen LogP contribution in [0.15, 0.2) is 24.3 Å². The van der Waals surface area contributed by atoms with Gasteiger partial charge in [-0.15, -0.1) is 0 Å². The summed E-state index contributed by atoms with van der Waals surface area (Å²) in [6.45, 7) is 3.74. The molecule has 1 fully saturated rings. The fourth-order valence-electron chi connectivity index (χ4n) is 2.24. The summed E-state index contributed by atoms with van der Waals surface area (Å²) in [6.07, 6.45) is 1.14. The van der Waals surface area contributed by atoms with Crippen LogP contribution in [0.2, 0.25) is 5.02 Å². The minimum absolute atomic E-state index is 0.184. The molecule has 114 valence electrons. The van der Waals surface area contributed by atoms with Gasteiger partial charge >= 0.3 is 6.09 Å². The lowest BCUT2D eigenvalue weighted by atomic mass is 10.2. The molecule has 0 saturated carbocycles. The van der Waals surface area contributed by atoms with Crippen molar-refractivity contribution in [2.75, 3.05) is 32.7 Å². The first kappa shape index (κ1) is 15.8. The van der Waals surface area contributed by atoms with E-state index in [0.717, 1.165) is 31.5 Å². The van der Waals surface area contributed by atoms with Crippen LogP contribution in [0.3, 0.4) is 0 Å². The molecule has 0 spiro atoms. The Bertz CT molecular complexity index is 488. The van der Waals surface area contributed by atoms with Gasteiger partial charge in [0.15, 0.2) is 0 Å². The molecule has 1 aliphatic rings. The first-order chi connectivity index (χ1) is 10.2. The van der Waals surface area contributed by atoms with Crippen LogP contribution in [0, 0.1) is 0 Å². The van der Waals surface area contributed by atoms with Crippen LogP contribution in [-0.4, -0.2) is 54.9 Å². The zero-order valence-corrected chi connectivity index (χ0v) is 12.6. The fourth-order valence-corrected chi connectivity index (χ4v) is 2.43. The zero-order valence-electron chi connectivity index (χ0n) is 11.8. The Balaban J connectivity index is 1.75. The number of hydrogen-bond donors (Lipinski definition) is 0. The third kappa shape index (κ3) is 4.72. The Hall–Kier alpha value is -1.59. The van der Waals surface area contributed by atoms with E-state index >= 15 is 0 Å². The third-order valence-corrected chi connectivity index (χ3v) is 3.87. The standard InChI is InChI=1S/C15H19ClN2O3/c16-14-5-2-1-4-13(14)12-21-15(20)18-9-7-17(8-10-18)6-3-11-19/h1-2,4-5,11H,3,6-10,12H2. The zero-order chi connectivity index (χ0) is 15.1. The number of piperazine rings is 1. The quantitative estimate of drug-likeness (QED) is 0.782. The lowest BCUT2D eigenvalue weighted by molar-refractivity contribution is -0.108. The molecule has 5 nitrogen and oxygen atoms in total. The van der Waals surface area contributed by atoms with E-state index in [0.29, 0.717) is 24.5 Å². The third-order valence-electron chi connectivity index (χ3n) is 3.50. The molecule has 1 saturated heterocycles. The lowest BCUT2D eigenvalue weighted by Gasteiger charge is -2.33. The Kier molecular flexibility index (Phi) is 6.02. The van der Waals surface area contributed by atoms with Gasteiger partial charge in [0.2, 0.25) is 0 Å². The molecule has 1 amide bonds. The molecule has 21 heavy (non-hydrogen) atoms. The molecule has 1 aromatic carbocycles. The second kappa shape index (κ2) is 8.00. The SMILES string of the molecule is O=CCCN1CCN(C(=O)OCc2ccccc2Cl)CC1. The molecular weight excluding hydrogens is 292 g/mol. The summed E-state index contributed by atoms with van der Waals surface area (Å²) < 4.78 is 5.29. The summed E-state index contributed by atoms with van der Waals surface area (Å²) in [5, 5.41) is 0.601. The molecule has 0 N–H and O–H groups in total. The normalized spacial score (nSPS) is 15.8. The monoisotopic (exact) mass is 310 g/mol. The van der Waals surface area contributed by atoms with E-state index < -0.39 is 0 Å². The number of aldehydes is 1. The topological polar surface area (TPSA) is 49.9 Å². The molecule has 1 heterocycles. The van der Waals surface area contributed by atoms with Gasteiger partial charge in [-0.25, -0.2) is 4.79 Å². The first-order valence-corrected chi connectivity index (χ1v) is 7.39.